The van der Waals surface area contributed by atoms with E-state index in [9.17, 15) is 8.42 Å². The molecule has 0 bridgehead atoms. The van der Waals surface area contributed by atoms with Crippen molar-refractivity contribution in [3.05, 3.63) is 127 Å². The van der Waals surface area contributed by atoms with Gasteiger partial charge in [0, 0.05) is 6.61 Å². The molecule has 0 saturated heterocycles. The molecular weight excluding hydrogens is 521 g/mol. The van der Waals surface area contributed by atoms with Crippen LogP contribution in [0.2, 0.25) is 6.04 Å². The summed E-state index contributed by atoms with van der Waals surface area (Å²) >= 11 is 0. The van der Waals surface area contributed by atoms with Crippen LogP contribution in [-0.2, 0) is 25.6 Å². The highest BCUT2D eigenvalue weighted by Gasteiger charge is 2.44. The summed E-state index contributed by atoms with van der Waals surface area (Å²) in [4.78, 5) is 0.351. The highest BCUT2D eigenvalue weighted by molar-refractivity contribution is 7.91. The Balaban J connectivity index is 1.57. The maximum absolute atomic E-state index is 13.4. The lowest BCUT2D eigenvalue weighted by Gasteiger charge is -2.40. The molecule has 39 heavy (non-hydrogen) atoms. The maximum Gasteiger partial charge on any atom is 0.257 e. The summed E-state index contributed by atoms with van der Waals surface area (Å²) in [5.41, 5.74) is 0.678. The lowest BCUT2D eigenvalue weighted by atomic mass is 10.0. The van der Waals surface area contributed by atoms with Gasteiger partial charge < -0.3 is 9.16 Å². The second kappa shape index (κ2) is 13.4. The van der Waals surface area contributed by atoms with Gasteiger partial charge in [-0.25, -0.2) is 8.42 Å². The number of benzene rings is 4. The third kappa shape index (κ3) is 7.99. The Morgan fingerprint density at radius 2 is 1.18 bits per heavy atom. The Morgan fingerprint density at radius 1 is 0.692 bits per heavy atom. The summed E-state index contributed by atoms with van der Waals surface area (Å²) in [5.74, 6) is 0.0172. The molecule has 0 amide bonds. The Hall–Kier alpha value is -3.03. The number of hydrogen-bond acceptors (Lipinski definition) is 4. The summed E-state index contributed by atoms with van der Waals surface area (Å²) in [5, 5.41) is 2.15. The van der Waals surface area contributed by atoms with Crippen LogP contribution in [0.5, 0.6) is 0 Å². The van der Waals surface area contributed by atoms with Gasteiger partial charge in [-0.2, -0.15) is 0 Å². The molecule has 0 saturated carbocycles. The van der Waals surface area contributed by atoms with E-state index in [1.807, 2.05) is 60.7 Å². The molecule has 0 aromatic heterocycles. The zero-order valence-corrected chi connectivity index (χ0v) is 24.6. The summed E-state index contributed by atoms with van der Waals surface area (Å²) in [6.07, 6.45) is 1.64. The summed E-state index contributed by atoms with van der Waals surface area (Å²) in [6, 6.07) is 39.7. The Bertz CT molecular complexity index is 1340. The van der Waals surface area contributed by atoms with E-state index < -0.39 is 23.8 Å². The van der Waals surface area contributed by atoms with Crippen LogP contribution >= 0.6 is 0 Å². The zero-order chi connectivity index (χ0) is 27.6. The molecule has 0 aliphatic rings. The van der Waals surface area contributed by atoms with Crippen molar-refractivity contribution in [2.75, 3.05) is 12.4 Å². The summed E-state index contributed by atoms with van der Waals surface area (Å²) in [7, 11) is -6.45. The first-order valence-corrected chi connectivity index (χ1v) is 17.3. The molecule has 0 fully saturated rings. The van der Waals surface area contributed by atoms with Crippen molar-refractivity contribution in [3.8, 4) is 0 Å². The number of sulfone groups is 1. The van der Waals surface area contributed by atoms with Crippen molar-refractivity contribution in [3.63, 3.8) is 0 Å². The molecule has 4 nitrogen and oxygen atoms in total. The molecular formula is C33H38O4SSi. The standard InChI is InChI=1S/C33H38O4SSi/c1-33(2,24-15-25-36-28-29-16-7-3-8-17-29)37-39(31-20-11-5-12-21-31,32-22-13-6-14-23-32)27-26-38(34,35)30-18-9-4-10-19-30/h3-14,16-23H,15,24-28H2,1-2H3. The molecule has 0 aliphatic carbocycles. The second-order valence-corrected chi connectivity index (χ2v) is 16.1. The molecule has 0 atom stereocenters. The van der Waals surface area contributed by atoms with Crippen LogP contribution in [0, 0.1) is 0 Å². The summed E-state index contributed by atoms with van der Waals surface area (Å²) < 4.78 is 40.0. The molecule has 0 radical (unpaired) electrons. The first kappa shape index (κ1) is 29.0. The Morgan fingerprint density at radius 3 is 1.72 bits per heavy atom. The van der Waals surface area contributed by atoms with E-state index in [-0.39, 0.29) is 5.75 Å². The predicted molar refractivity (Wildman–Crippen MR) is 162 cm³/mol. The van der Waals surface area contributed by atoms with Gasteiger partial charge in [-0.15, -0.1) is 0 Å². The van der Waals surface area contributed by atoms with Gasteiger partial charge in [0.05, 0.1) is 22.9 Å². The minimum absolute atomic E-state index is 0.0172. The number of hydrogen-bond donors (Lipinski definition) is 0. The van der Waals surface area contributed by atoms with Crippen molar-refractivity contribution < 1.29 is 17.6 Å². The van der Waals surface area contributed by atoms with Crippen LogP contribution in [0.15, 0.2) is 126 Å². The maximum atomic E-state index is 13.4. The van der Waals surface area contributed by atoms with E-state index >= 15 is 0 Å². The topological polar surface area (TPSA) is 52.6 Å². The summed E-state index contributed by atoms with van der Waals surface area (Å²) in [6.45, 7) is 5.45. The largest absolute Gasteiger partial charge is 0.403 e. The highest BCUT2D eigenvalue weighted by atomic mass is 32.2. The Labute approximate surface area is 234 Å². The van der Waals surface area contributed by atoms with Gasteiger partial charge >= 0.3 is 0 Å². The van der Waals surface area contributed by atoms with Crippen molar-refractivity contribution in [2.24, 2.45) is 0 Å². The van der Waals surface area contributed by atoms with Crippen molar-refractivity contribution in [1.29, 1.82) is 0 Å². The van der Waals surface area contributed by atoms with E-state index in [0.717, 1.165) is 28.8 Å². The average Bonchev–Trinajstić information content (AvgIpc) is 2.97. The fraction of sp³-hybridized carbons (Fsp3) is 0.273. The van der Waals surface area contributed by atoms with Crippen LogP contribution in [0.25, 0.3) is 0 Å². The first-order valence-electron chi connectivity index (χ1n) is 13.5. The normalized spacial score (nSPS) is 12.4. The third-order valence-corrected chi connectivity index (χ3v) is 13.4. The zero-order valence-electron chi connectivity index (χ0n) is 22.8. The highest BCUT2D eigenvalue weighted by Crippen LogP contribution is 2.27. The minimum atomic E-state index is -3.48. The van der Waals surface area contributed by atoms with Gasteiger partial charge in [0.2, 0.25) is 0 Å². The molecule has 0 unspecified atom stereocenters. The molecule has 4 aromatic carbocycles. The van der Waals surface area contributed by atoms with Gasteiger partial charge in [-0.1, -0.05) is 109 Å². The average molecular weight is 559 g/mol. The molecule has 0 heterocycles. The van der Waals surface area contributed by atoms with E-state index in [4.69, 9.17) is 9.16 Å². The van der Waals surface area contributed by atoms with E-state index in [0.29, 0.717) is 24.2 Å². The van der Waals surface area contributed by atoms with Crippen molar-refractivity contribution in [1.82, 2.24) is 0 Å². The third-order valence-electron chi connectivity index (χ3n) is 6.93. The Kier molecular flexibility index (Phi) is 9.92. The van der Waals surface area contributed by atoms with Gasteiger partial charge in [0.1, 0.15) is 0 Å². The quantitative estimate of drug-likeness (QED) is 0.140. The van der Waals surface area contributed by atoms with Crippen molar-refractivity contribution >= 4 is 28.5 Å². The molecule has 4 aromatic rings. The lowest BCUT2D eigenvalue weighted by molar-refractivity contribution is 0.0650. The van der Waals surface area contributed by atoms with E-state index in [2.05, 4.69) is 50.2 Å². The molecule has 0 aliphatic heterocycles. The van der Waals surface area contributed by atoms with Crippen LogP contribution in [0.1, 0.15) is 32.3 Å². The molecule has 0 spiro atoms. The molecule has 204 valence electrons. The van der Waals surface area contributed by atoms with Crippen LogP contribution in [-0.4, -0.2) is 34.7 Å². The molecule has 0 N–H and O–H groups in total. The fourth-order valence-corrected chi connectivity index (χ4v) is 11.7. The van der Waals surface area contributed by atoms with E-state index in [1.165, 1.54) is 0 Å². The molecule has 4 rings (SSSR count). The van der Waals surface area contributed by atoms with Crippen LogP contribution in [0.4, 0.5) is 0 Å². The smallest absolute Gasteiger partial charge is 0.257 e. The second-order valence-electron chi connectivity index (χ2n) is 10.4. The van der Waals surface area contributed by atoms with Crippen LogP contribution in [0.3, 0.4) is 0 Å². The monoisotopic (exact) mass is 558 g/mol. The minimum Gasteiger partial charge on any atom is -0.403 e. The van der Waals surface area contributed by atoms with Gasteiger partial charge in [0.25, 0.3) is 8.32 Å². The van der Waals surface area contributed by atoms with Gasteiger partial charge in [-0.05, 0) is 60.8 Å². The molecule has 6 heteroatoms. The van der Waals surface area contributed by atoms with Gasteiger partial charge in [-0.3, -0.25) is 0 Å². The van der Waals surface area contributed by atoms with Crippen LogP contribution < -0.4 is 10.4 Å². The number of rotatable bonds is 14. The predicted octanol–water partition coefficient (Wildman–Crippen LogP) is 6.01. The lowest BCUT2D eigenvalue weighted by Crippen LogP contribution is -2.64. The van der Waals surface area contributed by atoms with E-state index in [1.54, 1.807) is 24.3 Å². The fourth-order valence-electron chi connectivity index (χ4n) is 4.95. The van der Waals surface area contributed by atoms with Crippen molar-refractivity contribution in [2.45, 2.75) is 49.8 Å². The number of ether oxygens (including phenoxy) is 1. The SMILES string of the molecule is CC(C)(CCCOCc1ccccc1)O[Si](CCS(=O)(=O)c1ccccc1)(c1ccccc1)c1ccccc1. The van der Waals surface area contributed by atoms with Gasteiger partial charge in [0.15, 0.2) is 9.84 Å². The first-order chi connectivity index (χ1) is 18.8.